The van der Waals surface area contributed by atoms with Crippen molar-refractivity contribution in [3.63, 3.8) is 0 Å². The number of nitrogens with zero attached hydrogens (tertiary/aromatic N) is 1. The summed E-state index contributed by atoms with van der Waals surface area (Å²) in [6, 6.07) is 3.84. The summed E-state index contributed by atoms with van der Waals surface area (Å²) in [5.41, 5.74) is -0.547. The molecule has 2 nitrogen and oxygen atoms in total. The third-order valence-electron chi connectivity index (χ3n) is 3.36. The lowest BCUT2D eigenvalue weighted by Gasteiger charge is -2.26. The average Bonchev–Trinajstić information content (AvgIpc) is 2.39. The quantitative estimate of drug-likeness (QED) is 0.797. The van der Waals surface area contributed by atoms with Crippen LogP contribution >= 0.6 is 0 Å². The van der Waals surface area contributed by atoms with E-state index in [2.05, 4.69) is 0 Å². The van der Waals surface area contributed by atoms with Gasteiger partial charge in [0.25, 0.3) is 0 Å². The van der Waals surface area contributed by atoms with E-state index in [0.29, 0.717) is 11.3 Å². The first kappa shape index (κ1) is 12.9. The van der Waals surface area contributed by atoms with E-state index >= 15 is 0 Å². The molecule has 0 fully saturated rings. The molecule has 0 spiro atoms. The summed E-state index contributed by atoms with van der Waals surface area (Å²) >= 11 is 0. The highest BCUT2D eigenvalue weighted by molar-refractivity contribution is 6.07. The second kappa shape index (κ2) is 3.73. The molecular formula is C13H14F3NO. The molecule has 0 radical (unpaired) electrons. The van der Waals surface area contributed by atoms with Gasteiger partial charge in [-0.2, -0.15) is 0 Å². The van der Waals surface area contributed by atoms with Crippen molar-refractivity contribution in [3.8, 4) is 0 Å². The van der Waals surface area contributed by atoms with Crippen LogP contribution < -0.4 is 4.90 Å². The van der Waals surface area contributed by atoms with Crippen molar-refractivity contribution in [1.29, 1.82) is 0 Å². The number of halogens is 3. The standard InChI is InChI=1S/C13H14F3NO/c1-12(7-13(2,15)16)9-6-8(14)4-5-10(9)17(3)11(12)18/h4-6H,7H2,1-3H3. The number of rotatable bonds is 2. The van der Waals surface area contributed by atoms with Crippen LogP contribution in [-0.4, -0.2) is 18.9 Å². The molecule has 0 saturated heterocycles. The lowest BCUT2D eigenvalue weighted by molar-refractivity contribution is -0.125. The van der Waals surface area contributed by atoms with Crippen LogP contribution in [0.25, 0.3) is 0 Å². The van der Waals surface area contributed by atoms with Gasteiger partial charge in [0.15, 0.2) is 0 Å². The van der Waals surface area contributed by atoms with Crippen LogP contribution in [0, 0.1) is 5.82 Å². The highest BCUT2D eigenvalue weighted by Gasteiger charge is 2.50. The van der Waals surface area contributed by atoms with Gasteiger partial charge in [0.2, 0.25) is 11.8 Å². The Morgan fingerprint density at radius 2 is 2.00 bits per heavy atom. The molecule has 1 aliphatic heterocycles. The number of benzene rings is 1. The molecule has 1 aromatic carbocycles. The van der Waals surface area contributed by atoms with Gasteiger partial charge in [0.05, 0.1) is 5.41 Å². The third-order valence-corrected chi connectivity index (χ3v) is 3.36. The number of amides is 1. The number of fused-ring (bicyclic) bond motifs is 1. The van der Waals surface area contributed by atoms with Crippen LogP contribution in [0.5, 0.6) is 0 Å². The molecule has 1 unspecified atom stereocenters. The average molecular weight is 257 g/mol. The van der Waals surface area contributed by atoms with Crippen LogP contribution in [0.15, 0.2) is 18.2 Å². The predicted octanol–water partition coefficient (Wildman–Crippen LogP) is 3.11. The van der Waals surface area contributed by atoms with Gasteiger partial charge in [-0.25, -0.2) is 13.2 Å². The molecule has 1 atom stereocenters. The Morgan fingerprint density at radius 1 is 1.39 bits per heavy atom. The Hall–Kier alpha value is -1.52. The van der Waals surface area contributed by atoms with Crippen LogP contribution in [-0.2, 0) is 10.2 Å². The Labute approximate surface area is 103 Å². The van der Waals surface area contributed by atoms with Gasteiger partial charge < -0.3 is 4.90 Å². The fourth-order valence-electron chi connectivity index (χ4n) is 2.63. The smallest absolute Gasteiger partial charge is 0.246 e. The van der Waals surface area contributed by atoms with Crippen LogP contribution in [0.3, 0.4) is 0 Å². The van der Waals surface area contributed by atoms with Gasteiger partial charge in [0.1, 0.15) is 5.82 Å². The van der Waals surface area contributed by atoms with Crippen LogP contribution in [0.4, 0.5) is 18.9 Å². The number of hydrogen-bond acceptors (Lipinski definition) is 1. The summed E-state index contributed by atoms with van der Waals surface area (Å²) in [6.45, 7) is 2.21. The molecule has 5 heteroatoms. The number of alkyl halides is 2. The van der Waals surface area contributed by atoms with E-state index in [4.69, 9.17) is 0 Å². The maximum absolute atomic E-state index is 13.3. The van der Waals surface area contributed by atoms with Crippen LogP contribution in [0.1, 0.15) is 25.8 Å². The maximum atomic E-state index is 13.3. The highest BCUT2D eigenvalue weighted by atomic mass is 19.3. The fraction of sp³-hybridized carbons (Fsp3) is 0.462. The molecule has 1 aliphatic rings. The fourth-order valence-corrected chi connectivity index (χ4v) is 2.63. The van der Waals surface area contributed by atoms with E-state index in [1.807, 2.05) is 0 Å². The summed E-state index contributed by atoms with van der Waals surface area (Å²) < 4.78 is 39.8. The lowest BCUT2D eigenvalue weighted by atomic mass is 9.79. The SMILES string of the molecule is CN1C(=O)C(C)(CC(C)(F)F)c2cc(F)ccc21. The molecule has 1 heterocycles. The van der Waals surface area contributed by atoms with Gasteiger partial charge in [0, 0.05) is 19.2 Å². The minimum absolute atomic E-state index is 0.330. The van der Waals surface area contributed by atoms with Gasteiger partial charge in [-0.05, 0) is 37.6 Å². The zero-order valence-electron chi connectivity index (χ0n) is 10.4. The van der Waals surface area contributed by atoms with Crippen molar-refractivity contribution >= 4 is 11.6 Å². The maximum Gasteiger partial charge on any atom is 0.246 e. The molecule has 98 valence electrons. The summed E-state index contributed by atoms with van der Waals surface area (Å²) in [7, 11) is 1.51. The molecule has 1 amide bonds. The summed E-state index contributed by atoms with van der Waals surface area (Å²) in [5.74, 6) is -3.94. The monoisotopic (exact) mass is 257 g/mol. The Kier molecular flexibility index (Phi) is 2.68. The van der Waals surface area contributed by atoms with Crippen molar-refractivity contribution < 1.29 is 18.0 Å². The molecular weight excluding hydrogens is 243 g/mol. The van der Waals surface area contributed by atoms with Crippen molar-refractivity contribution in [2.24, 2.45) is 0 Å². The zero-order chi connectivity index (χ0) is 13.7. The van der Waals surface area contributed by atoms with E-state index < -0.39 is 29.5 Å². The molecule has 0 bridgehead atoms. The number of hydrogen-bond donors (Lipinski definition) is 0. The van der Waals surface area contributed by atoms with Crippen molar-refractivity contribution in [3.05, 3.63) is 29.6 Å². The van der Waals surface area contributed by atoms with Gasteiger partial charge in [-0.1, -0.05) is 0 Å². The Morgan fingerprint density at radius 3 is 2.56 bits per heavy atom. The Bertz CT molecular complexity index is 509. The topological polar surface area (TPSA) is 20.3 Å². The van der Waals surface area contributed by atoms with E-state index in [9.17, 15) is 18.0 Å². The van der Waals surface area contributed by atoms with E-state index in [1.165, 1.54) is 37.1 Å². The number of carbonyl (C=O) groups excluding carboxylic acids is 1. The third kappa shape index (κ3) is 1.87. The largest absolute Gasteiger partial charge is 0.314 e. The first-order valence-corrected chi connectivity index (χ1v) is 5.61. The first-order chi connectivity index (χ1) is 8.15. The molecule has 2 rings (SSSR count). The number of carbonyl (C=O) groups is 1. The Balaban J connectivity index is 2.57. The van der Waals surface area contributed by atoms with E-state index in [-0.39, 0.29) is 0 Å². The van der Waals surface area contributed by atoms with E-state index in [1.54, 1.807) is 0 Å². The molecule has 1 aromatic rings. The lowest BCUT2D eigenvalue weighted by Crippen LogP contribution is -2.39. The minimum atomic E-state index is -2.99. The summed E-state index contributed by atoms with van der Waals surface area (Å²) in [6.07, 6.45) is -0.625. The van der Waals surface area contributed by atoms with Gasteiger partial charge in [-0.15, -0.1) is 0 Å². The first-order valence-electron chi connectivity index (χ1n) is 5.61. The molecule has 0 aliphatic carbocycles. The summed E-state index contributed by atoms with van der Waals surface area (Å²) in [4.78, 5) is 13.4. The van der Waals surface area contributed by atoms with Crippen molar-refractivity contribution in [1.82, 2.24) is 0 Å². The second-order valence-corrected chi connectivity index (χ2v) is 5.10. The molecule has 0 saturated carbocycles. The van der Waals surface area contributed by atoms with Gasteiger partial charge in [-0.3, -0.25) is 4.79 Å². The molecule has 0 aromatic heterocycles. The number of anilines is 1. The normalized spacial score (nSPS) is 23.4. The predicted molar refractivity (Wildman–Crippen MR) is 62.4 cm³/mol. The molecule has 0 N–H and O–H groups in total. The summed E-state index contributed by atoms with van der Waals surface area (Å²) in [5, 5.41) is 0. The minimum Gasteiger partial charge on any atom is -0.314 e. The van der Waals surface area contributed by atoms with E-state index in [0.717, 1.165) is 6.92 Å². The van der Waals surface area contributed by atoms with Crippen molar-refractivity contribution in [2.45, 2.75) is 31.6 Å². The number of likely N-dealkylation sites (N-methyl/N-ethyl adjacent to an activating group) is 1. The second-order valence-electron chi connectivity index (χ2n) is 5.10. The van der Waals surface area contributed by atoms with Gasteiger partial charge >= 0.3 is 0 Å². The zero-order valence-corrected chi connectivity index (χ0v) is 10.4. The molecule has 18 heavy (non-hydrogen) atoms. The van der Waals surface area contributed by atoms with Crippen molar-refractivity contribution in [2.75, 3.05) is 11.9 Å². The highest BCUT2D eigenvalue weighted by Crippen LogP contribution is 2.46. The van der Waals surface area contributed by atoms with Crippen LogP contribution in [0.2, 0.25) is 0 Å².